The lowest BCUT2D eigenvalue weighted by molar-refractivity contribution is -0.146. The number of likely N-dealkylation sites (N-methyl/N-ethyl adjacent to an activating group) is 1. The molecule has 0 saturated heterocycles. The molecule has 464 valence electrons. The van der Waals surface area contributed by atoms with Crippen LogP contribution in [0, 0.1) is 0 Å². The number of carboxylic acid groups (broad SMARTS) is 1. The number of phenols is 1. The van der Waals surface area contributed by atoms with Gasteiger partial charge in [-0.05, 0) is 112 Å². The van der Waals surface area contributed by atoms with Crippen molar-refractivity contribution in [2.75, 3.05) is 43.9 Å². The van der Waals surface area contributed by atoms with Crippen molar-refractivity contribution in [3.8, 4) is 5.75 Å². The first-order valence-corrected chi connectivity index (χ1v) is 29.6. The number of aliphatic hydroxyl groups is 1. The number of unbranched alkanes of at least 4 members (excludes halogenated alkanes) is 2. The Morgan fingerprint density at radius 3 is 1.84 bits per heavy atom. The number of carbonyl (C=O) groups is 10. The van der Waals surface area contributed by atoms with Crippen LogP contribution in [0.1, 0.15) is 68.6 Å². The van der Waals surface area contributed by atoms with E-state index in [1.807, 2.05) is 24.3 Å². The van der Waals surface area contributed by atoms with Gasteiger partial charge in [-0.25, -0.2) is 4.79 Å². The third kappa shape index (κ3) is 23.3. The average molecular weight is 1220 g/mol. The topological polar surface area (TPSA) is 439 Å². The number of aromatic nitrogens is 1. The number of primary amides is 1. The number of carbonyl (C=O) groups excluding carboxylic acids is 9. The van der Waals surface area contributed by atoms with Crippen LogP contribution in [-0.2, 0) is 67.2 Å². The van der Waals surface area contributed by atoms with Gasteiger partial charge in [-0.2, -0.15) is 24.4 Å². The van der Waals surface area contributed by atoms with Gasteiger partial charge in [0.1, 0.15) is 48.0 Å². The summed E-state index contributed by atoms with van der Waals surface area (Å²) in [5, 5.41) is 49.9. The normalized spacial score (nSPS) is 14.3. The third-order valence-corrected chi connectivity index (χ3v) is 15.1. The number of hydrogen-bond acceptors (Lipinski definition) is 17. The van der Waals surface area contributed by atoms with Crippen molar-refractivity contribution in [3.63, 3.8) is 0 Å². The molecule has 26 nitrogen and oxygen atoms in total. The van der Waals surface area contributed by atoms with Crippen LogP contribution in [0.4, 0.5) is 0 Å². The number of aliphatic hydroxyl groups excluding tert-OH is 1. The molecule has 9 atom stereocenters. The Balaban J connectivity index is 1.48. The third-order valence-electron chi connectivity index (χ3n) is 13.8. The molecule has 0 aliphatic heterocycles. The lowest BCUT2D eigenvalue weighted by Crippen LogP contribution is -2.62. The second-order valence-corrected chi connectivity index (χ2v) is 21.9. The minimum atomic E-state index is -1.72. The van der Waals surface area contributed by atoms with Crippen LogP contribution < -0.4 is 60.2 Å². The number of benzene rings is 3. The largest absolute Gasteiger partial charge is 0.508 e. The van der Waals surface area contributed by atoms with E-state index in [4.69, 9.17) is 22.9 Å². The minimum Gasteiger partial charge on any atom is -0.508 e. The van der Waals surface area contributed by atoms with Crippen molar-refractivity contribution in [1.82, 2.24) is 47.1 Å². The molecule has 0 radical (unpaired) electrons. The van der Waals surface area contributed by atoms with E-state index in [1.54, 1.807) is 48.7 Å². The number of H-pyrrole nitrogens is 1. The van der Waals surface area contributed by atoms with Crippen LogP contribution in [0.2, 0.25) is 0 Å². The molecule has 0 spiro atoms. The number of phenolic OH excluding ortho intramolecular Hbond substituents is 1. The van der Waals surface area contributed by atoms with E-state index in [9.17, 15) is 63.3 Å². The molecule has 9 amide bonds. The fourth-order valence-corrected chi connectivity index (χ4v) is 10.00. The quantitative estimate of drug-likeness (QED) is 0.0176. The van der Waals surface area contributed by atoms with E-state index >= 15 is 0 Å². The van der Waals surface area contributed by atoms with Crippen LogP contribution in [-0.4, -0.2) is 183 Å². The van der Waals surface area contributed by atoms with Crippen molar-refractivity contribution in [2.24, 2.45) is 22.9 Å². The van der Waals surface area contributed by atoms with E-state index in [0.717, 1.165) is 27.6 Å². The second kappa shape index (κ2) is 36.2. The summed E-state index contributed by atoms with van der Waals surface area (Å²) in [5.74, 6) is -8.69. The highest BCUT2D eigenvalue weighted by Crippen LogP contribution is 2.21. The van der Waals surface area contributed by atoms with Gasteiger partial charge in [0, 0.05) is 42.7 Å². The highest BCUT2D eigenvalue weighted by atomic mass is 32.2. The maximum absolute atomic E-state index is 14.6. The summed E-state index contributed by atoms with van der Waals surface area (Å²) in [5.41, 5.74) is 25.7. The smallest absolute Gasteiger partial charge is 0.326 e. The van der Waals surface area contributed by atoms with Gasteiger partial charge in [-0.3, -0.25) is 43.2 Å². The average Bonchev–Trinajstić information content (AvgIpc) is 4.15. The number of para-hydroxylation sites is 1. The summed E-state index contributed by atoms with van der Waals surface area (Å²) >= 11 is 4.98. The fraction of sp³-hybridized carbons (Fsp3) is 0.474. The van der Waals surface area contributed by atoms with Gasteiger partial charge in [0.15, 0.2) is 0 Å². The summed E-state index contributed by atoms with van der Waals surface area (Å²) in [6.07, 6.45) is 1.70. The molecule has 0 unspecified atom stereocenters. The standard InChI is InChI=1S/C57H81N13O13S2/c1-33(71)49(69-53(78)42(17-9-11-24-59)66-54(79)44(28-36-29-62-40-15-7-6-14-38(36)40)68-51(76)39(60)26-35-18-20-37(72)21-19-35)56(81)70(2)46(27-34-12-4-3-5-13-34)55(80)67-43(57(82)83)22-25-85-32-48(74)64-41(16-8-10-23-58)52(77)63-30-47(73)65-45(31-84)50(61)75/h3-7,12-15,18-21,29,33,39,41-46,49,62,71-72,84H,8-11,16-17,22-28,30-32,58-60H2,1-2H3,(H2,61,75)(H,63,77)(H,64,74)(H,65,73)(H,66,79)(H,67,80)(H,68,76)(H,69,78)(H,82,83)/t33-,39+,41+,42+,43+,44-,45+,46+,49+/m1/s1. The first-order valence-electron chi connectivity index (χ1n) is 27.8. The monoisotopic (exact) mass is 1220 g/mol. The van der Waals surface area contributed by atoms with Gasteiger partial charge in [-0.1, -0.05) is 60.7 Å². The predicted molar refractivity (Wildman–Crippen MR) is 323 cm³/mol. The number of aromatic hydroxyl groups is 1. The summed E-state index contributed by atoms with van der Waals surface area (Å²) in [6, 6.07) is 11.3. The number of rotatable bonds is 38. The Bertz CT molecular complexity index is 2870. The van der Waals surface area contributed by atoms with Crippen LogP contribution >= 0.6 is 24.4 Å². The van der Waals surface area contributed by atoms with Crippen LogP contribution in [0.25, 0.3) is 10.9 Å². The number of thiol groups is 1. The minimum absolute atomic E-state index is 0.00568. The Hall–Kier alpha value is -7.76. The molecule has 28 heteroatoms. The molecule has 4 rings (SSSR count). The maximum atomic E-state index is 14.6. The SMILES string of the molecule is C[C@@H](O)[C@H](NC(=O)[C@H](CCCCN)NC(=O)[C@@H](Cc1c[nH]c2ccccc12)NC(=O)[C@@H](N)Cc1ccc(O)cc1)C(=O)N(C)[C@@H](Cc1ccccc1)C(=O)N[C@@H](CCSCC(=O)N[C@@H](CCCCN)C(=O)NCC(=O)N[C@@H](CS)C(N)=O)C(=O)O. The zero-order valence-corrected chi connectivity index (χ0v) is 49.3. The Morgan fingerprint density at radius 1 is 0.647 bits per heavy atom. The summed E-state index contributed by atoms with van der Waals surface area (Å²) < 4.78 is 0. The van der Waals surface area contributed by atoms with E-state index in [1.165, 1.54) is 26.1 Å². The van der Waals surface area contributed by atoms with Crippen molar-refractivity contribution in [1.29, 1.82) is 0 Å². The molecule has 19 N–H and O–H groups in total. The van der Waals surface area contributed by atoms with E-state index in [2.05, 4.69) is 54.8 Å². The van der Waals surface area contributed by atoms with Gasteiger partial charge in [0.05, 0.1) is 24.4 Å². The molecule has 0 bridgehead atoms. The molecule has 0 aliphatic carbocycles. The second-order valence-electron chi connectivity index (χ2n) is 20.4. The summed E-state index contributed by atoms with van der Waals surface area (Å²) in [6.45, 7) is 1.28. The van der Waals surface area contributed by atoms with Crippen LogP contribution in [0.15, 0.2) is 85.1 Å². The van der Waals surface area contributed by atoms with Crippen molar-refractivity contribution in [3.05, 3.63) is 102 Å². The molecule has 0 aliphatic rings. The van der Waals surface area contributed by atoms with Gasteiger partial charge in [-0.15, -0.1) is 0 Å². The number of carboxylic acids is 1. The molecule has 0 fully saturated rings. The zero-order valence-electron chi connectivity index (χ0n) is 47.6. The fourth-order valence-electron chi connectivity index (χ4n) is 8.91. The number of nitrogens with one attached hydrogen (secondary N) is 8. The van der Waals surface area contributed by atoms with Crippen molar-refractivity contribution in [2.45, 2.75) is 126 Å². The zero-order chi connectivity index (χ0) is 62.6. The summed E-state index contributed by atoms with van der Waals surface area (Å²) in [4.78, 5) is 138. The highest BCUT2D eigenvalue weighted by molar-refractivity contribution is 7.99. The van der Waals surface area contributed by atoms with Crippen molar-refractivity contribution >= 4 is 94.4 Å². The van der Waals surface area contributed by atoms with Crippen LogP contribution in [0.3, 0.4) is 0 Å². The van der Waals surface area contributed by atoms with Gasteiger partial charge in [0.25, 0.3) is 0 Å². The number of amides is 9. The number of thioether (sulfide) groups is 1. The summed E-state index contributed by atoms with van der Waals surface area (Å²) in [7, 11) is 1.26. The predicted octanol–water partition coefficient (Wildman–Crippen LogP) is -1.66. The molecular weight excluding hydrogens is 1140 g/mol. The molecule has 85 heavy (non-hydrogen) atoms. The molecular formula is C57H81N13O13S2. The van der Waals surface area contributed by atoms with E-state index < -0.39 is 120 Å². The molecule has 0 saturated carbocycles. The van der Waals surface area contributed by atoms with Gasteiger partial charge < -0.3 is 85.4 Å². The first kappa shape index (κ1) is 69.7. The number of hydrogen-bond donors (Lipinski definition) is 16. The first-order chi connectivity index (χ1) is 40.6. The molecule has 1 heterocycles. The number of fused-ring (bicyclic) bond motifs is 1. The Kier molecular flexibility index (Phi) is 29.7. The molecule has 4 aromatic rings. The van der Waals surface area contributed by atoms with Crippen LogP contribution in [0.5, 0.6) is 5.75 Å². The number of aromatic amines is 1. The number of nitrogens with zero attached hydrogens (tertiary/aromatic N) is 1. The lowest BCUT2D eigenvalue weighted by Gasteiger charge is -2.33. The Labute approximate surface area is 502 Å². The number of aliphatic carboxylic acids is 1. The highest BCUT2D eigenvalue weighted by Gasteiger charge is 2.38. The van der Waals surface area contributed by atoms with E-state index in [-0.39, 0.29) is 68.1 Å². The Morgan fingerprint density at radius 2 is 1.22 bits per heavy atom. The van der Waals surface area contributed by atoms with Gasteiger partial charge >= 0.3 is 5.97 Å². The molecule has 1 aromatic heterocycles. The lowest BCUT2D eigenvalue weighted by atomic mass is 10.0. The maximum Gasteiger partial charge on any atom is 0.326 e. The van der Waals surface area contributed by atoms with Crippen molar-refractivity contribution < 1.29 is 63.3 Å². The van der Waals surface area contributed by atoms with Gasteiger partial charge in [0.2, 0.25) is 53.2 Å². The molecule has 3 aromatic carbocycles. The number of nitrogens with two attached hydrogens (primary N) is 4. The van der Waals surface area contributed by atoms with E-state index in [0.29, 0.717) is 48.9 Å².